The van der Waals surface area contributed by atoms with Gasteiger partial charge in [0.25, 0.3) is 5.91 Å². The first-order chi connectivity index (χ1) is 10.3. The Balaban J connectivity index is 1.88. The first-order valence-corrected chi connectivity index (χ1v) is 8.11. The number of aryl methyl sites for hydroxylation is 1. The maximum Gasteiger partial charge on any atom is 0.256 e. The molecule has 0 radical (unpaired) electrons. The minimum atomic E-state index is 0.198. The highest BCUT2D eigenvalue weighted by atomic mass is 16.2. The van der Waals surface area contributed by atoms with Crippen LogP contribution >= 0.6 is 0 Å². The molecule has 0 spiro atoms. The van der Waals surface area contributed by atoms with Crippen LogP contribution in [0.2, 0.25) is 0 Å². The monoisotopic (exact) mass is 287 g/mol. The number of carbonyl (C=O) groups is 1. The lowest BCUT2D eigenvalue weighted by Gasteiger charge is -2.25. The van der Waals surface area contributed by atoms with E-state index in [4.69, 9.17) is 0 Å². The molecular weight excluding hydrogens is 262 g/mol. The smallest absolute Gasteiger partial charge is 0.256 e. The highest BCUT2D eigenvalue weighted by Crippen LogP contribution is 2.27. The van der Waals surface area contributed by atoms with Crippen LogP contribution in [0.1, 0.15) is 35.2 Å². The van der Waals surface area contributed by atoms with Gasteiger partial charge < -0.3 is 15.1 Å². The van der Waals surface area contributed by atoms with Gasteiger partial charge >= 0.3 is 0 Å². The Kier molecular flexibility index (Phi) is 4.44. The number of nitrogens with zero attached hydrogens (tertiary/aromatic N) is 2. The van der Waals surface area contributed by atoms with E-state index in [9.17, 15) is 4.79 Å². The Morgan fingerprint density at radius 1 is 1.05 bits per heavy atom. The van der Waals surface area contributed by atoms with Crippen molar-refractivity contribution in [1.82, 2.24) is 10.2 Å². The number of amides is 1. The molecule has 0 bridgehead atoms. The molecule has 2 aliphatic rings. The van der Waals surface area contributed by atoms with E-state index in [1.807, 2.05) is 4.90 Å². The van der Waals surface area contributed by atoms with Crippen molar-refractivity contribution in [2.24, 2.45) is 0 Å². The molecule has 0 aliphatic carbocycles. The van der Waals surface area contributed by atoms with Gasteiger partial charge in [0.05, 0.1) is 5.56 Å². The molecule has 1 aromatic rings. The fourth-order valence-electron chi connectivity index (χ4n) is 3.27. The van der Waals surface area contributed by atoms with Crippen LogP contribution in [0.5, 0.6) is 0 Å². The van der Waals surface area contributed by atoms with Crippen LogP contribution in [0.25, 0.3) is 0 Å². The maximum absolute atomic E-state index is 13.0. The van der Waals surface area contributed by atoms with E-state index in [1.165, 1.54) is 12.8 Å². The minimum absolute atomic E-state index is 0.198. The molecule has 4 heteroatoms. The van der Waals surface area contributed by atoms with E-state index < -0.39 is 0 Å². The second kappa shape index (κ2) is 6.48. The van der Waals surface area contributed by atoms with E-state index in [0.29, 0.717) is 0 Å². The lowest BCUT2D eigenvalue weighted by molar-refractivity contribution is 0.0767. The second-order valence-electron chi connectivity index (χ2n) is 6.11. The quantitative estimate of drug-likeness (QED) is 0.904. The van der Waals surface area contributed by atoms with Gasteiger partial charge in [-0.1, -0.05) is 11.6 Å². The van der Waals surface area contributed by atoms with Crippen molar-refractivity contribution >= 4 is 11.6 Å². The van der Waals surface area contributed by atoms with Gasteiger partial charge in [0, 0.05) is 38.4 Å². The van der Waals surface area contributed by atoms with E-state index >= 15 is 0 Å². The molecule has 2 saturated heterocycles. The van der Waals surface area contributed by atoms with Crippen LogP contribution in [0.15, 0.2) is 18.2 Å². The predicted octanol–water partition coefficient (Wildman–Crippen LogP) is 2.03. The fourth-order valence-corrected chi connectivity index (χ4v) is 3.27. The fraction of sp³-hybridized carbons (Fsp3) is 0.588. The van der Waals surface area contributed by atoms with Crippen molar-refractivity contribution in [2.75, 3.05) is 44.2 Å². The molecule has 1 aromatic carbocycles. The molecule has 4 nitrogen and oxygen atoms in total. The van der Waals surface area contributed by atoms with E-state index in [0.717, 1.165) is 62.5 Å². The maximum atomic E-state index is 13.0. The first-order valence-electron chi connectivity index (χ1n) is 8.11. The van der Waals surface area contributed by atoms with Crippen LogP contribution in [-0.4, -0.2) is 50.1 Å². The number of anilines is 1. The van der Waals surface area contributed by atoms with Gasteiger partial charge in [0.15, 0.2) is 0 Å². The summed E-state index contributed by atoms with van der Waals surface area (Å²) < 4.78 is 0. The molecule has 0 aromatic heterocycles. The van der Waals surface area contributed by atoms with Crippen molar-refractivity contribution in [3.05, 3.63) is 29.3 Å². The molecule has 1 N–H and O–H groups in total. The standard InChI is InChI=1S/C17H25N3O/c1-14-5-6-16(19-9-2-3-10-19)15(13-14)17(21)20-11-4-7-18-8-12-20/h5-6,13,18H,2-4,7-12H2,1H3. The Hall–Kier alpha value is -1.55. The van der Waals surface area contributed by atoms with Crippen molar-refractivity contribution < 1.29 is 4.79 Å². The second-order valence-corrected chi connectivity index (χ2v) is 6.11. The average Bonchev–Trinajstić information content (AvgIpc) is 2.88. The summed E-state index contributed by atoms with van der Waals surface area (Å²) in [5, 5.41) is 3.36. The highest BCUT2D eigenvalue weighted by Gasteiger charge is 2.23. The van der Waals surface area contributed by atoms with Gasteiger partial charge in [0.1, 0.15) is 0 Å². The Morgan fingerprint density at radius 3 is 2.67 bits per heavy atom. The number of hydrogen-bond donors (Lipinski definition) is 1. The van der Waals surface area contributed by atoms with E-state index in [-0.39, 0.29) is 5.91 Å². The van der Waals surface area contributed by atoms with Crippen LogP contribution in [0, 0.1) is 6.92 Å². The topological polar surface area (TPSA) is 35.6 Å². The lowest BCUT2D eigenvalue weighted by atomic mass is 10.1. The number of hydrogen-bond acceptors (Lipinski definition) is 3. The summed E-state index contributed by atoms with van der Waals surface area (Å²) in [7, 11) is 0. The molecule has 3 rings (SSSR count). The molecule has 0 unspecified atom stereocenters. The normalized spacial score (nSPS) is 19.7. The summed E-state index contributed by atoms with van der Waals surface area (Å²) in [6.45, 7) is 7.79. The van der Waals surface area contributed by atoms with E-state index in [1.54, 1.807) is 0 Å². The van der Waals surface area contributed by atoms with Crippen LogP contribution < -0.4 is 10.2 Å². The molecule has 21 heavy (non-hydrogen) atoms. The Labute approximate surface area is 127 Å². The van der Waals surface area contributed by atoms with Gasteiger partial charge in [-0.3, -0.25) is 4.79 Å². The van der Waals surface area contributed by atoms with Crippen molar-refractivity contribution in [1.29, 1.82) is 0 Å². The number of benzene rings is 1. The third-order valence-corrected chi connectivity index (χ3v) is 4.46. The number of carbonyl (C=O) groups excluding carboxylic acids is 1. The summed E-state index contributed by atoms with van der Waals surface area (Å²) in [6.07, 6.45) is 3.50. The molecule has 2 aliphatic heterocycles. The molecule has 0 atom stereocenters. The average molecular weight is 287 g/mol. The lowest BCUT2D eigenvalue weighted by Crippen LogP contribution is -2.35. The molecule has 0 saturated carbocycles. The van der Waals surface area contributed by atoms with Gasteiger partial charge in [-0.2, -0.15) is 0 Å². The van der Waals surface area contributed by atoms with Crippen molar-refractivity contribution in [2.45, 2.75) is 26.2 Å². The molecule has 2 heterocycles. The largest absolute Gasteiger partial charge is 0.371 e. The van der Waals surface area contributed by atoms with Gasteiger partial charge in [-0.25, -0.2) is 0 Å². The zero-order valence-electron chi connectivity index (χ0n) is 12.9. The first kappa shape index (κ1) is 14.4. The molecular formula is C17H25N3O. The van der Waals surface area contributed by atoms with Crippen LogP contribution in [0.3, 0.4) is 0 Å². The van der Waals surface area contributed by atoms with Gasteiger partial charge in [-0.15, -0.1) is 0 Å². The van der Waals surface area contributed by atoms with Crippen LogP contribution in [-0.2, 0) is 0 Å². The van der Waals surface area contributed by atoms with Crippen molar-refractivity contribution in [3.63, 3.8) is 0 Å². The molecule has 114 valence electrons. The summed E-state index contributed by atoms with van der Waals surface area (Å²) in [6, 6.07) is 6.31. The van der Waals surface area contributed by atoms with Crippen LogP contribution in [0.4, 0.5) is 5.69 Å². The van der Waals surface area contributed by atoms with E-state index in [2.05, 4.69) is 35.3 Å². The van der Waals surface area contributed by atoms with Crippen molar-refractivity contribution in [3.8, 4) is 0 Å². The Morgan fingerprint density at radius 2 is 1.86 bits per heavy atom. The predicted molar refractivity (Wildman–Crippen MR) is 86.0 cm³/mol. The zero-order chi connectivity index (χ0) is 14.7. The summed E-state index contributed by atoms with van der Waals surface area (Å²) in [4.78, 5) is 17.3. The summed E-state index contributed by atoms with van der Waals surface area (Å²) in [5.41, 5.74) is 3.17. The highest BCUT2D eigenvalue weighted by molar-refractivity contribution is 6.00. The third-order valence-electron chi connectivity index (χ3n) is 4.46. The number of nitrogens with one attached hydrogen (secondary N) is 1. The summed E-state index contributed by atoms with van der Waals surface area (Å²) >= 11 is 0. The SMILES string of the molecule is Cc1ccc(N2CCCC2)c(C(=O)N2CCCNCC2)c1. The number of rotatable bonds is 2. The molecule has 1 amide bonds. The zero-order valence-corrected chi connectivity index (χ0v) is 12.9. The Bertz CT molecular complexity index is 501. The molecule has 2 fully saturated rings. The van der Waals surface area contributed by atoms with Gasteiger partial charge in [0.2, 0.25) is 0 Å². The minimum Gasteiger partial charge on any atom is -0.371 e. The van der Waals surface area contributed by atoms with Gasteiger partial charge in [-0.05, 0) is 44.9 Å². The summed E-state index contributed by atoms with van der Waals surface area (Å²) in [5.74, 6) is 0.198. The third kappa shape index (κ3) is 3.21.